The summed E-state index contributed by atoms with van der Waals surface area (Å²) in [6.07, 6.45) is 0. The molecule has 0 aliphatic carbocycles. The monoisotopic (exact) mass is 368 g/mol. The van der Waals surface area contributed by atoms with E-state index in [9.17, 15) is 0 Å². The van der Waals surface area contributed by atoms with Crippen molar-refractivity contribution in [3.05, 3.63) is 32.7 Å². The fourth-order valence-corrected chi connectivity index (χ4v) is 3.20. The summed E-state index contributed by atoms with van der Waals surface area (Å²) in [5, 5.41) is 8.73. The minimum absolute atomic E-state index is 0.0780. The van der Waals surface area contributed by atoms with Gasteiger partial charge in [-0.2, -0.15) is 0 Å². The molecule has 0 aliphatic rings. The van der Waals surface area contributed by atoms with E-state index in [0.717, 1.165) is 35.0 Å². The summed E-state index contributed by atoms with van der Waals surface area (Å²) >= 11 is 5.28. The molecule has 0 atom stereocenters. The second kappa shape index (κ2) is 6.75. The first-order valence-corrected chi connectivity index (χ1v) is 8.66. The molecule has 2 heterocycles. The van der Waals surface area contributed by atoms with Crippen LogP contribution in [0.1, 0.15) is 38.4 Å². The molecule has 0 saturated heterocycles. The quantitative estimate of drug-likeness (QED) is 0.806. The van der Waals surface area contributed by atoms with Crippen LogP contribution in [0.4, 0.5) is 11.6 Å². The Labute approximate surface area is 138 Å². The minimum atomic E-state index is -0.0780. The van der Waals surface area contributed by atoms with Crippen LogP contribution in [0.2, 0.25) is 0 Å². The zero-order valence-electron chi connectivity index (χ0n) is 12.8. The van der Waals surface area contributed by atoms with Gasteiger partial charge in [0, 0.05) is 27.4 Å². The van der Waals surface area contributed by atoms with Gasteiger partial charge in [0.25, 0.3) is 0 Å². The largest absolute Gasteiger partial charge is 0.370 e. The molecule has 0 fully saturated rings. The molecule has 21 heavy (non-hydrogen) atoms. The predicted molar refractivity (Wildman–Crippen MR) is 94.2 cm³/mol. The molecule has 2 aromatic heterocycles. The van der Waals surface area contributed by atoms with Crippen molar-refractivity contribution in [3.63, 3.8) is 0 Å². The molecule has 2 rings (SSSR count). The van der Waals surface area contributed by atoms with Gasteiger partial charge in [0.15, 0.2) is 0 Å². The molecular weight excluding hydrogens is 348 g/mol. The maximum absolute atomic E-state index is 4.64. The second-order valence-electron chi connectivity index (χ2n) is 5.79. The van der Waals surface area contributed by atoms with Gasteiger partial charge < -0.3 is 10.6 Å². The van der Waals surface area contributed by atoms with Crippen molar-refractivity contribution < 1.29 is 0 Å². The van der Waals surface area contributed by atoms with Crippen LogP contribution in [0.3, 0.4) is 0 Å². The number of nitrogens with zero attached hydrogens (tertiary/aromatic N) is 2. The molecule has 114 valence electrons. The molecular formula is C15H21BrN4S. The van der Waals surface area contributed by atoms with E-state index in [-0.39, 0.29) is 5.41 Å². The lowest BCUT2D eigenvalue weighted by Gasteiger charge is -2.19. The summed E-state index contributed by atoms with van der Waals surface area (Å²) in [7, 11) is 0. The number of anilines is 2. The molecule has 0 aliphatic heterocycles. The van der Waals surface area contributed by atoms with E-state index < -0.39 is 0 Å². The highest BCUT2D eigenvalue weighted by molar-refractivity contribution is 9.10. The second-order valence-corrected chi connectivity index (χ2v) is 7.64. The number of thiophene rings is 1. The van der Waals surface area contributed by atoms with Crippen LogP contribution in [-0.2, 0) is 12.0 Å². The first-order chi connectivity index (χ1) is 9.90. The van der Waals surface area contributed by atoms with Gasteiger partial charge in [0.2, 0.25) is 0 Å². The van der Waals surface area contributed by atoms with Crippen molar-refractivity contribution in [1.82, 2.24) is 9.97 Å². The van der Waals surface area contributed by atoms with Gasteiger partial charge in [-0.3, -0.25) is 0 Å². The summed E-state index contributed by atoms with van der Waals surface area (Å²) in [5.74, 6) is 2.56. The molecule has 2 aromatic rings. The van der Waals surface area contributed by atoms with Crippen LogP contribution < -0.4 is 10.6 Å². The molecule has 2 N–H and O–H groups in total. The summed E-state index contributed by atoms with van der Waals surface area (Å²) in [6, 6.07) is 4.02. The number of hydrogen-bond donors (Lipinski definition) is 2. The highest BCUT2D eigenvalue weighted by Crippen LogP contribution is 2.25. The molecule has 0 radical (unpaired) electrons. The predicted octanol–water partition coefficient (Wildman–Crippen LogP) is 4.64. The Morgan fingerprint density at radius 1 is 1.19 bits per heavy atom. The fourth-order valence-electron chi connectivity index (χ4n) is 1.77. The summed E-state index contributed by atoms with van der Waals surface area (Å²) in [5.41, 5.74) is -0.0780. The van der Waals surface area contributed by atoms with Crippen LogP contribution in [0, 0.1) is 0 Å². The Kier molecular flexibility index (Phi) is 5.22. The van der Waals surface area contributed by atoms with Gasteiger partial charge in [0.1, 0.15) is 17.5 Å². The molecule has 0 spiro atoms. The van der Waals surface area contributed by atoms with Crippen molar-refractivity contribution in [2.24, 2.45) is 0 Å². The van der Waals surface area contributed by atoms with Gasteiger partial charge in [0.05, 0.1) is 6.54 Å². The van der Waals surface area contributed by atoms with Crippen LogP contribution >= 0.6 is 27.3 Å². The van der Waals surface area contributed by atoms with E-state index in [1.807, 2.05) is 6.07 Å². The number of nitrogens with one attached hydrogen (secondary N) is 2. The third-order valence-electron chi connectivity index (χ3n) is 2.88. The molecule has 0 amide bonds. The lowest BCUT2D eigenvalue weighted by atomic mass is 9.96. The lowest BCUT2D eigenvalue weighted by Crippen LogP contribution is -2.18. The Bertz CT molecular complexity index is 604. The van der Waals surface area contributed by atoms with Gasteiger partial charge in [-0.25, -0.2) is 9.97 Å². The van der Waals surface area contributed by atoms with E-state index in [2.05, 4.69) is 75.7 Å². The van der Waals surface area contributed by atoms with E-state index in [0.29, 0.717) is 0 Å². The highest BCUT2D eigenvalue weighted by Gasteiger charge is 2.19. The molecule has 0 saturated carbocycles. The molecule has 0 bridgehead atoms. The number of hydrogen-bond acceptors (Lipinski definition) is 5. The van der Waals surface area contributed by atoms with Crippen molar-refractivity contribution >= 4 is 38.9 Å². The lowest BCUT2D eigenvalue weighted by molar-refractivity contribution is 0.546. The number of aromatic nitrogens is 2. The Morgan fingerprint density at radius 3 is 2.38 bits per heavy atom. The van der Waals surface area contributed by atoms with E-state index >= 15 is 0 Å². The topological polar surface area (TPSA) is 49.8 Å². The maximum Gasteiger partial charge on any atom is 0.138 e. The van der Waals surface area contributed by atoms with Crippen molar-refractivity contribution in [2.45, 2.75) is 39.7 Å². The summed E-state index contributed by atoms with van der Waals surface area (Å²) < 4.78 is 1.14. The molecule has 0 unspecified atom stereocenters. The number of halogens is 1. The average molecular weight is 369 g/mol. The van der Waals surface area contributed by atoms with Crippen molar-refractivity contribution in [3.8, 4) is 0 Å². The summed E-state index contributed by atoms with van der Waals surface area (Å²) in [4.78, 5) is 10.5. The average Bonchev–Trinajstić information content (AvgIpc) is 2.81. The zero-order valence-corrected chi connectivity index (χ0v) is 15.2. The molecule has 0 aromatic carbocycles. The third kappa shape index (κ3) is 4.41. The molecule has 4 nitrogen and oxygen atoms in total. The fraction of sp³-hybridized carbons (Fsp3) is 0.467. The van der Waals surface area contributed by atoms with E-state index in [4.69, 9.17) is 0 Å². The van der Waals surface area contributed by atoms with Gasteiger partial charge in [-0.05, 0) is 34.3 Å². The van der Waals surface area contributed by atoms with Gasteiger partial charge >= 0.3 is 0 Å². The smallest absolute Gasteiger partial charge is 0.138 e. The van der Waals surface area contributed by atoms with Gasteiger partial charge in [-0.15, -0.1) is 11.3 Å². The Morgan fingerprint density at radius 2 is 1.86 bits per heavy atom. The normalized spacial score (nSPS) is 11.5. The standard InChI is InChI=1S/C15H21BrN4S/c1-5-17-12-8-13(20-14(19-12)15(2,3)4)18-9-11-10(16)6-7-21-11/h6-8H,5,9H2,1-4H3,(H2,17,18,19,20). The Hall–Kier alpha value is -1.14. The third-order valence-corrected chi connectivity index (χ3v) is 4.80. The van der Waals surface area contributed by atoms with Crippen LogP contribution in [0.25, 0.3) is 0 Å². The van der Waals surface area contributed by atoms with Crippen LogP contribution in [0.15, 0.2) is 22.0 Å². The first kappa shape index (κ1) is 16.2. The molecule has 6 heteroatoms. The van der Waals surface area contributed by atoms with Crippen LogP contribution in [-0.4, -0.2) is 16.5 Å². The SMILES string of the molecule is CCNc1cc(NCc2sccc2Br)nc(C(C)(C)C)n1. The van der Waals surface area contributed by atoms with Crippen molar-refractivity contribution in [1.29, 1.82) is 0 Å². The zero-order chi connectivity index (χ0) is 15.5. The Balaban J connectivity index is 2.21. The minimum Gasteiger partial charge on any atom is -0.370 e. The van der Waals surface area contributed by atoms with E-state index in [1.54, 1.807) is 11.3 Å². The number of rotatable bonds is 5. The maximum atomic E-state index is 4.64. The summed E-state index contributed by atoms with van der Waals surface area (Å²) in [6.45, 7) is 10.0. The highest BCUT2D eigenvalue weighted by atomic mass is 79.9. The van der Waals surface area contributed by atoms with Crippen LogP contribution in [0.5, 0.6) is 0 Å². The first-order valence-electron chi connectivity index (χ1n) is 6.99. The van der Waals surface area contributed by atoms with Gasteiger partial charge in [-0.1, -0.05) is 20.8 Å². The van der Waals surface area contributed by atoms with Crippen molar-refractivity contribution in [2.75, 3.05) is 17.2 Å². The van der Waals surface area contributed by atoms with E-state index in [1.165, 1.54) is 4.88 Å².